The van der Waals surface area contributed by atoms with Crippen molar-refractivity contribution < 1.29 is 9.90 Å². The molecule has 0 atom stereocenters. The molecule has 0 aliphatic heterocycles. The maximum Gasteiger partial charge on any atom is 0.404 e. The SMILES string of the molecule is C#CCc1nc(Nc2ccc(CCCCNC(=O)O)cc2)nc(N)c1Br. The lowest BCUT2D eigenvalue weighted by molar-refractivity contribution is 0.194. The number of aryl methyl sites for hydroxylation is 1. The summed E-state index contributed by atoms with van der Waals surface area (Å²) in [4.78, 5) is 18.9. The molecule has 136 valence electrons. The van der Waals surface area contributed by atoms with E-state index >= 15 is 0 Å². The van der Waals surface area contributed by atoms with E-state index < -0.39 is 6.09 Å². The van der Waals surface area contributed by atoms with Crippen LogP contribution in [0.5, 0.6) is 0 Å². The Hall–Kier alpha value is -2.79. The van der Waals surface area contributed by atoms with Crippen LogP contribution in [0.3, 0.4) is 0 Å². The smallest absolute Gasteiger partial charge is 0.404 e. The Labute approximate surface area is 160 Å². The van der Waals surface area contributed by atoms with Gasteiger partial charge in [-0.15, -0.1) is 12.3 Å². The molecule has 8 heteroatoms. The fraction of sp³-hybridized carbons (Fsp3) is 0.278. The van der Waals surface area contributed by atoms with Crippen molar-refractivity contribution in [2.45, 2.75) is 25.7 Å². The Morgan fingerprint density at radius 1 is 1.27 bits per heavy atom. The highest BCUT2D eigenvalue weighted by Crippen LogP contribution is 2.24. The maximum absolute atomic E-state index is 10.4. The van der Waals surface area contributed by atoms with Crippen molar-refractivity contribution in [1.29, 1.82) is 0 Å². The number of carbonyl (C=O) groups is 1. The summed E-state index contributed by atoms with van der Waals surface area (Å²) < 4.78 is 0.619. The van der Waals surface area contributed by atoms with Gasteiger partial charge < -0.3 is 21.5 Å². The van der Waals surface area contributed by atoms with Gasteiger partial charge >= 0.3 is 6.09 Å². The molecule has 0 spiro atoms. The number of anilines is 3. The molecule has 1 heterocycles. The zero-order chi connectivity index (χ0) is 18.9. The molecule has 5 N–H and O–H groups in total. The second kappa shape index (κ2) is 9.63. The van der Waals surface area contributed by atoms with Crippen LogP contribution in [0, 0.1) is 12.3 Å². The molecule has 0 bridgehead atoms. The number of carboxylic acid groups (broad SMARTS) is 1. The number of hydrogen-bond donors (Lipinski definition) is 4. The second-order valence-corrected chi connectivity index (χ2v) is 6.38. The first-order valence-corrected chi connectivity index (χ1v) is 8.87. The van der Waals surface area contributed by atoms with Crippen LogP contribution in [0.4, 0.5) is 22.2 Å². The summed E-state index contributed by atoms with van der Waals surface area (Å²) in [6.45, 7) is 0.470. The monoisotopic (exact) mass is 417 g/mol. The van der Waals surface area contributed by atoms with Gasteiger partial charge in [0.1, 0.15) is 5.82 Å². The highest BCUT2D eigenvalue weighted by molar-refractivity contribution is 9.10. The number of hydrogen-bond acceptors (Lipinski definition) is 5. The molecule has 7 nitrogen and oxygen atoms in total. The Morgan fingerprint density at radius 3 is 2.65 bits per heavy atom. The number of rotatable bonds is 8. The maximum atomic E-state index is 10.4. The van der Waals surface area contributed by atoms with Crippen LogP contribution < -0.4 is 16.4 Å². The van der Waals surface area contributed by atoms with Crippen LogP contribution in [0.15, 0.2) is 28.7 Å². The van der Waals surface area contributed by atoms with Crippen LogP contribution in [0.25, 0.3) is 0 Å². The van der Waals surface area contributed by atoms with Crippen molar-refractivity contribution >= 4 is 39.5 Å². The van der Waals surface area contributed by atoms with Gasteiger partial charge in [0.15, 0.2) is 0 Å². The van der Waals surface area contributed by atoms with E-state index in [0.717, 1.165) is 24.9 Å². The first-order valence-electron chi connectivity index (χ1n) is 8.07. The summed E-state index contributed by atoms with van der Waals surface area (Å²) >= 11 is 3.34. The average molecular weight is 418 g/mol. The minimum Gasteiger partial charge on any atom is -0.465 e. The number of aromatic nitrogens is 2. The largest absolute Gasteiger partial charge is 0.465 e. The zero-order valence-corrected chi connectivity index (χ0v) is 15.7. The summed E-state index contributed by atoms with van der Waals surface area (Å²) in [5.74, 6) is 3.27. The lowest BCUT2D eigenvalue weighted by atomic mass is 10.1. The van der Waals surface area contributed by atoms with Gasteiger partial charge in [0, 0.05) is 12.2 Å². The van der Waals surface area contributed by atoms with Crippen molar-refractivity contribution in [2.24, 2.45) is 0 Å². The molecular weight excluding hydrogens is 398 g/mol. The van der Waals surface area contributed by atoms with Gasteiger partial charge in [-0.1, -0.05) is 12.1 Å². The first-order chi connectivity index (χ1) is 12.5. The minimum absolute atomic E-state index is 0.333. The first kappa shape index (κ1) is 19.5. The van der Waals surface area contributed by atoms with Crippen LogP contribution in [-0.2, 0) is 12.8 Å². The van der Waals surface area contributed by atoms with Gasteiger partial charge in [-0.3, -0.25) is 0 Å². The average Bonchev–Trinajstić information content (AvgIpc) is 2.60. The summed E-state index contributed by atoms with van der Waals surface area (Å²) in [6.07, 6.45) is 7.32. The standard InChI is InChI=1S/C18H20BrN5O2/c1-2-5-14-15(19)16(20)24-17(23-14)22-13-9-7-12(8-10-13)6-3-4-11-21-18(25)26/h1,7-10,21H,3-6,11H2,(H,25,26)(H3,20,22,23,24). The Morgan fingerprint density at radius 2 is 2.00 bits per heavy atom. The molecule has 0 unspecified atom stereocenters. The number of amides is 1. The predicted molar refractivity (Wildman–Crippen MR) is 105 cm³/mol. The molecule has 26 heavy (non-hydrogen) atoms. The van der Waals surface area contributed by atoms with Crippen molar-refractivity contribution in [3.8, 4) is 12.3 Å². The Balaban J connectivity index is 1.93. The molecular formula is C18H20BrN5O2. The molecule has 1 amide bonds. The quantitative estimate of drug-likeness (QED) is 0.386. The lowest BCUT2D eigenvalue weighted by Gasteiger charge is -2.10. The molecule has 0 saturated carbocycles. The van der Waals surface area contributed by atoms with E-state index in [4.69, 9.17) is 17.3 Å². The molecule has 1 aromatic carbocycles. The lowest BCUT2D eigenvalue weighted by Crippen LogP contribution is -2.21. The van der Waals surface area contributed by atoms with Crippen LogP contribution in [-0.4, -0.2) is 27.7 Å². The van der Waals surface area contributed by atoms with Crippen molar-refractivity contribution in [3.05, 3.63) is 40.0 Å². The van der Waals surface area contributed by atoms with Crippen LogP contribution in [0.1, 0.15) is 24.1 Å². The van der Waals surface area contributed by atoms with E-state index in [0.29, 0.717) is 34.9 Å². The molecule has 1 aromatic heterocycles. The van der Waals surface area contributed by atoms with Gasteiger partial charge in [0.2, 0.25) is 5.95 Å². The summed E-state index contributed by atoms with van der Waals surface area (Å²) in [5, 5.41) is 14.0. The number of unbranched alkanes of at least 4 members (excludes halogenated alkanes) is 1. The summed E-state index contributed by atoms with van der Waals surface area (Å²) in [5.41, 5.74) is 8.56. The molecule has 0 aliphatic carbocycles. The highest BCUT2D eigenvalue weighted by Gasteiger charge is 2.09. The Bertz CT molecular complexity index is 802. The van der Waals surface area contributed by atoms with Crippen molar-refractivity contribution in [2.75, 3.05) is 17.6 Å². The normalized spacial score (nSPS) is 10.2. The van der Waals surface area contributed by atoms with Crippen molar-refractivity contribution in [3.63, 3.8) is 0 Å². The molecule has 2 aromatic rings. The van der Waals surface area contributed by atoms with Gasteiger partial charge in [-0.2, -0.15) is 4.98 Å². The highest BCUT2D eigenvalue weighted by atomic mass is 79.9. The number of benzene rings is 1. The van der Waals surface area contributed by atoms with E-state index in [1.165, 1.54) is 5.56 Å². The summed E-state index contributed by atoms with van der Waals surface area (Å²) in [7, 11) is 0. The summed E-state index contributed by atoms with van der Waals surface area (Å²) in [6, 6.07) is 7.90. The predicted octanol–water partition coefficient (Wildman–Crippen LogP) is 3.33. The van der Waals surface area contributed by atoms with Crippen LogP contribution in [0.2, 0.25) is 0 Å². The number of halogens is 1. The number of nitrogens with one attached hydrogen (secondary N) is 2. The van der Waals surface area contributed by atoms with E-state index in [9.17, 15) is 4.79 Å². The van der Waals surface area contributed by atoms with Gasteiger partial charge in [0.25, 0.3) is 0 Å². The topological polar surface area (TPSA) is 113 Å². The van der Waals surface area contributed by atoms with E-state index in [-0.39, 0.29) is 0 Å². The molecule has 2 rings (SSSR count). The fourth-order valence-corrected chi connectivity index (χ4v) is 2.63. The fourth-order valence-electron chi connectivity index (χ4n) is 2.32. The number of nitrogens with two attached hydrogens (primary N) is 1. The molecule has 0 saturated heterocycles. The van der Waals surface area contributed by atoms with Gasteiger partial charge in [0.05, 0.1) is 16.6 Å². The molecule has 0 fully saturated rings. The third kappa shape index (κ3) is 5.93. The minimum atomic E-state index is -0.985. The number of terminal acetylenes is 1. The van der Waals surface area contributed by atoms with E-state index in [2.05, 4.69) is 42.5 Å². The van der Waals surface area contributed by atoms with Gasteiger partial charge in [-0.05, 0) is 52.9 Å². The molecule has 0 aliphatic rings. The van der Waals surface area contributed by atoms with Crippen molar-refractivity contribution in [1.82, 2.24) is 15.3 Å². The third-order valence-electron chi connectivity index (χ3n) is 3.59. The van der Waals surface area contributed by atoms with Crippen LogP contribution >= 0.6 is 15.9 Å². The zero-order valence-electron chi connectivity index (χ0n) is 14.1. The number of nitrogen functional groups attached to an aromatic ring is 1. The van der Waals surface area contributed by atoms with Gasteiger partial charge in [-0.25, -0.2) is 9.78 Å². The van der Waals surface area contributed by atoms with E-state index in [1.807, 2.05) is 24.3 Å². The third-order valence-corrected chi connectivity index (χ3v) is 4.46. The second-order valence-electron chi connectivity index (χ2n) is 5.58. The molecule has 0 radical (unpaired) electrons. The number of nitrogens with zero attached hydrogens (tertiary/aromatic N) is 2. The Kier molecular flexibility index (Phi) is 7.24. The van der Waals surface area contributed by atoms with E-state index in [1.54, 1.807) is 0 Å².